The second kappa shape index (κ2) is 3.56. The highest BCUT2D eigenvalue weighted by atomic mass is 16.5. The minimum Gasteiger partial charge on any atom is -0.392 e. The van der Waals surface area contributed by atoms with Crippen LogP contribution < -0.4 is 0 Å². The van der Waals surface area contributed by atoms with Crippen LogP contribution in [0.3, 0.4) is 0 Å². The number of hydrogen-bond donors (Lipinski definition) is 1. The molecule has 0 spiro atoms. The quantitative estimate of drug-likeness (QED) is 0.691. The number of ether oxygens (including phenoxy) is 1. The smallest absolute Gasteiger partial charge is 0.0679 e. The van der Waals surface area contributed by atoms with Crippen molar-refractivity contribution >= 4 is 0 Å². The molecule has 3 nitrogen and oxygen atoms in total. The standard InChI is InChI=1S/C10H19NO2/c1-13-8-10(3-4-10)7-11-5-2-9(12)6-11/h9,12H,2-8H2,1H3/t9-/m1/s1. The zero-order chi connectivity index (χ0) is 9.31. The van der Waals surface area contributed by atoms with Gasteiger partial charge in [0, 0.05) is 32.2 Å². The van der Waals surface area contributed by atoms with Crippen molar-refractivity contribution in [3.8, 4) is 0 Å². The van der Waals surface area contributed by atoms with E-state index in [-0.39, 0.29) is 6.10 Å². The van der Waals surface area contributed by atoms with Crippen LogP contribution in [-0.2, 0) is 4.74 Å². The van der Waals surface area contributed by atoms with Crippen molar-refractivity contribution in [2.24, 2.45) is 5.41 Å². The highest BCUT2D eigenvalue weighted by molar-refractivity contribution is 4.96. The summed E-state index contributed by atoms with van der Waals surface area (Å²) in [6.07, 6.45) is 3.46. The molecule has 2 aliphatic rings. The van der Waals surface area contributed by atoms with Crippen molar-refractivity contribution in [1.29, 1.82) is 0 Å². The van der Waals surface area contributed by atoms with E-state index in [0.29, 0.717) is 5.41 Å². The number of aliphatic hydroxyl groups is 1. The SMILES string of the molecule is COCC1(CN2CC[C@@H](O)C2)CC1. The molecule has 1 aliphatic heterocycles. The first-order valence-electron chi connectivity index (χ1n) is 5.13. The first-order valence-corrected chi connectivity index (χ1v) is 5.13. The van der Waals surface area contributed by atoms with Crippen molar-refractivity contribution in [3.05, 3.63) is 0 Å². The van der Waals surface area contributed by atoms with Gasteiger partial charge in [0.1, 0.15) is 0 Å². The van der Waals surface area contributed by atoms with Gasteiger partial charge in [-0.1, -0.05) is 0 Å². The lowest BCUT2D eigenvalue weighted by atomic mass is 10.1. The van der Waals surface area contributed by atoms with Gasteiger partial charge < -0.3 is 14.7 Å². The Labute approximate surface area is 79.7 Å². The Kier molecular flexibility index (Phi) is 2.58. The molecule has 1 saturated heterocycles. The fraction of sp³-hybridized carbons (Fsp3) is 1.00. The van der Waals surface area contributed by atoms with Crippen LogP contribution in [0.1, 0.15) is 19.3 Å². The molecule has 0 bridgehead atoms. The van der Waals surface area contributed by atoms with Crippen molar-refractivity contribution < 1.29 is 9.84 Å². The Hall–Kier alpha value is -0.120. The molecule has 0 aromatic carbocycles. The average Bonchev–Trinajstić information content (AvgIpc) is 2.70. The summed E-state index contributed by atoms with van der Waals surface area (Å²) in [5.41, 5.74) is 0.443. The van der Waals surface area contributed by atoms with Gasteiger partial charge in [0.15, 0.2) is 0 Å². The Balaban J connectivity index is 1.77. The highest BCUT2D eigenvalue weighted by Gasteiger charge is 2.44. The second-order valence-electron chi connectivity index (χ2n) is 4.61. The molecule has 2 fully saturated rings. The lowest BCUT2D eigenvalue weighted by Gasteiger charge is -2.22. The van der Waals surface area contributed by atoms with Crippen molar-refractivity contribution in [2.45, 2.75) is 25.4 Å². The van der Waals surface area contributed by atoms with Crippen LogP contribution in [0, 0.1) is 5.41 Å². The first kappa shape index (κ1) is 9.44. The zero-order valence-corrected chi connectivity index (χ0v) is 8.33. The molecule has 76 valence electrons. The van der Waals surface area contributed by atoms with Gasteiger partial charge in [0.05, 0.1) is 12.7 Å². The third-order valence-electron chi connectivity index (χ3n) is 3.21. The summed E-state index contributed by atoms with van der Waals surface area (Å²) in [7, 11) is 1.78. The Morgan fingerprint density at radius 3 is 2.77 bits per heavy atom. The lowest BCUT2D eigenvalue weighted by Crippen LogP contribution is -2.31. The number of aliphatic hydroxyl groups excluding tert-OH is 1. The van der Waals surface area contributed by atoms with Crippen molar-refractivity contribution in [1.82, 2.24) is 4.90 Å². The molecule has 1 saturated carbocycles. The van der Waals surface area contributed by atoms with E-state index in [9.17, 15) is 5.11 Å². The van der Waals surface area contributed by atoms with Crippen LogP contribution in [0.4, 0.5) is 0 Å². The van der Waals surface area contributed by atoms with Crippen LogP contribution in [0.2, 0.25) is 0 Å². The number of hydrogen-bond acceptors (Lipinski definition) is 3. The van der Waals surface area contributed by atoms with E-state index in [2.05, 4.69) is 4.90 Å². The molecule has 2 rings (SSSR count). The van der Waals surface area contributed by atoms with E-state index in [1.54, 1.807) is 7.11 Å². The molecule has 0 radical (unpaired) electrons. The first-order chi connectivity index (χ1) is 6.24. The molecule has 3 heteroatoms. The Morgan fingerprint density at radius 1 is 1.54 bits per heavy atom. The molecule has 1 heterocycles. The van der Waals surface area contributed by atoms with E-state index in [1.165, 1.54) is 12.8 Å². The molecule has 0 amide bonds. The highest BCUT2D eigenvalue weighted by Crippen LogP contribution is 2.46. The summed E-state index contributed by atoms with van der Waals surface area (Å²) < 4.78 is 5.22. The molecule has 1 aliphatic carbocycles. The molecule has 1 N–H and O–H groups in total. The van der Waals surface area contributed by atoms with Crippen LogP contribution in [-0.4, -0.2) is 49.5 Å². The lowest BCUT2D eigenvalue weighted by molar-refractivity contribution is 0.108. The number of nitrogens with zero attached hydrogens (tertiary/aromatic N) is 1. The molecule has 0 unspecified atom stereocenters. The minimum absolute atomic E-state index is 0.0849. The van der Waals surface area contributed by atoms with Crippen LogP contribution in [0.5, 0.6) is 0 Å². The van der Waals surface area contributed by atoms with E-state index in [1.807, 2.05) is 0 Å². The summed E-state index contributed by atoms with van der Waals surface area (Å²) in [5.74, 6) is 0. The minimum atomic E-state index is -0.0849. The van der Waals surface area contributed by atoms with Gasteiger partial charge in [-0.15, -0.1) is 0 Å². The molecule has 0 aromatic heterocycles. The predicted octanol–water partition coefficient (Wildman–Crippen LogP) is 0.480. The molecule has 0 aromatic rings. The van der Waals surface area contributed by atoms with Crippen LogP contribution in [0.15, 0.2) is 0 Å². The Morgan fingerprint density at radius 2 is 2.31 bits per heavy atom. The van der Waals surface area contributed by atoms with Gasteiger partial charge in [-0.25, -0.2) is 0 Å². The largest absolute Gasteiger partial charge is 0.392 e. The Bertz CT molecular complexity index is 180. The maximum absolute atomic E-state index is 9.37. The molecule has 13 heavy (non-hydrogen) atoms. The van der Waals surface area contributed by atoms with Gasteiger partial charge in [-0.05, 0) is 19.3 Å². The molecular formula is C10H19NO2. The monoisotopic (exact) mass is 185 g/mol. The third kappa shape index (κ3) is 2.22. The van der Waals surface area contributed by atoms with E-state index < -0.39 is 0 Å². The summed E-state index contributed by atoms with van der Waals surface area (Å²) in [5, 5.41) is 9.37. The van der Waals surface area contributed by atoms with E-state index in [0.717, 1.165) is 32.7 Å². The zero-order valence-electron chi connectivity index (χ0n) is 8.33. The molecule has 1 atom stereocenters. The van der Waals surface area contributed by atoms with Gasteiger partial charge in [-0.3, -0.25) is 0 Å². The summed E-state index contributed by atoms with van der Waals surface area (Å²) >= 11 is 0. The van der Waals surface area contributed by atoms with Gasteiger partial charge in [-0.2, -0.15) is 0 Å². The van der Waals surface area contributed by atoms with E-state index in [4.69, 9.17) is 4.74 Å². The number of methoxy groups -OCH3 is 1. The summed E-state index contributed by atoms with van der Waals surface area (Å²) in [4.78, 5) is 2.37. The topological polar surface area (TPSA) is 32.7 Å². The van der Waals surface area contributed by atoms with Crippen molar-refractivity contribution in [3.63, 3.8) is 0 Å². The average molecular weight is 185 g/mol. The summed E-state index contributed by atoms with van der Waals surface area (Å²) in [6.45, 7) is 3.94. The normalized spacial score (nSPS) is 32.3. The summed E-state index contributed by atoms with van der Waals surface area (Å²) in [6, 6.07) is 0. The van der Waals surface area contributed by atoms with Gasteiger partial charge >= 0.3 is 0 Å². The van der Waals surface area contributed by atoms with Crippen LogP contribution >= 0.6 is 0 Å². The number of likely N-dealkylation sites (tertiary alicyclic amines) is 1. The van der Waals surface area contributed by atoms with Gasteiger partial charge in [0.2, 0.25) is 0 Å². The third-order valence-corrected chi connectivity index (χ3v) is 3.21. The number of rotatable bonds is 4. The van der Waals surface area contributed by atoms with Gasteiger partial charge in [0.25, 0.3) is 0 Å². The maximum atomic E-state index is 9.37. The maximum Gasteiger partial charge on any atom is 0.0679 e. The number of β-amino-alcohol motifs (C(OH)–C–C–N with tert-alkyl or cyclic N) is 1. The van der Waals surface area contributed by atoms with E-state index >= 15 is 0 Å². The fourth-order valence-electron chi connectivity index (χ4n) is 2.26. The second-order valence-corrected chi connectivity index (χ2v) is 4.61. The van der Waals surface area contributed by atoms with Crippen molar-refractivity contribution in [2.75, 3.05) is 33.4 Å². The molecular weight excluding hydrogens is 166 g/mol. The fourth-order valence-corrected chi connectivity index (χ4v) is 2.26. The predicted molar refractivity (Wildman–Crippen MR) is 50.6 cm³/mol. The van der Waals surface area contributed by atoms with Crippen LogP contribution in [0.25, 0.3) is 0 Å².